The van der Waals surface area contributed by atoms with Crippen molar-refractivity contribution in [2.24, 2.45) is 5.92 Å². The number of rotatable bonds is 8. The third-order valence-corrected chi connectivity index (χ3v) is 7.08. The molecular formula is C13H22N2O2S3. The molecule has 0 aromatic carbocycles. The summed E-state index contributed by atoms with van der Waals surface area (Å²) in [5.74, 6) is 2.70. The fraction of sp³-hybridized carbons (Fsp3) is 0.692. The minimum atomic E-state index is -3.36. The van der Waals surface area contributed by atoms with Crippen molar-refractivity contribution in [2.75, 3.05) is 24.6 Å². The van der Waals surface area contributed by atoms with E-state index in [1.54, 1.807) is 6.07 Å². The van der Waals surface area contributed by atoms with E-state index in [4.69, 9.17) is 0 Å². The molecule has 0 radical (unpaired) electrons. The Balaban J connectivity index is 1.95. The summed E-state index contributed by atoms with van der Waals surface area (Å²) in [4.78, 5) is 1.34. The summed E-state index contributed by atoms with van der Waals surface area (Å²) >= 11 is 3.40. The molecule has 7 heteroatoms. The highest BCUT2D eigenvalue weighted by Gasteiger charge is 2.22. The standard InChI is InChI=1S/C13H22N2O2S3/c1-2-5-14-9-12-13(4-7-19-12)20(16,17)15-8-11-3-6-18-10-11/h4,7,11,14-15H,2-3,5-6,8-10H2,1H3. The number of nitrogens with one attached hydrogen (secondary N) is 2. The summed E-state index contributed by atoms with van der Waals surface area (Å²) in [6.07, 6.45) is 2.16. The van der Waals surface area contributed by atoms with E-state index in [9.17, 15) is 8.42 Å². The molecule has 1 aliphatic heterocycles. The highest BCUT2D eigenvalue weighted by molar-refractivity contribution is 7.99. The Hall–Kier alpha value is -0.0800. The highest BCUT2D eigenvalue weighted by atomic mass is 32.2. The molecule has 1 aromatic heterocycles. The minimum Gasteiger partial charge on any atom is -0.312 e. The first-order valence-electron chi connectivity index (χ1n) is 6.98. The first-order chi connectivity index (χ1) is 9.63. The summed E-state index contributed by atoms with van der Waals surface area (Å²) in [7, 11) is -3.36. The SMILES string of the molecule is CCCNCc1sccc1S(=O)(=O)NCC1CCSC1. The summed E-state index contributed by atoms with van der Waals surface area (Å²) in [6, 6.07) is 1.71. The van der Waals surface area contributed by atoms with E-state index in [-0.39, 0.29) is 0 Å². The zero-order chi connectivity index (χ0) is 14.4. The van der Waals surface area contributed by atoms with Crippen LogP contribution in [-0.2, 0) is 16.6 Å². The molecule has 0 spiro atoms. The number of thioether (sulfide) groups is 1. The van der Waals surface area contributed by atoms with Crippen LogP contribution in [0.15, 0.2) is 16.3 Å². The van der Waals surface area contributed by atoms with Crippen LogP contribution < -0.4 is 10.0 Å². The smallest absolute Gasteiger partial charge is 0.241 e. The molecule has 1 aliphatic rings. The van der Waals surface area contributed by atoms with Crippen LogP contribution in [0.5, 0.6) is 0 Å². The molecule has 20 heavy (non-hydrogen) atoms. The van der Waals surface area contributed by atoms with Crippen LogP contribution in [0.1, 0.15) is 24.6 Å². The Kier molecular flexibility index (Phi) is 6.35. The lowest BCUT2D eigenvalue weighted by Crippen LogP contribution is -2.30. The molecule has 1 atom stereocenters. The first-order valence-corrected chi connectivity index (χ1v) is 10.5. The van der Waals surface area contributed by atoms with Crippen molar-refractivity contribution in [3.05, 3.63) is 16.3 Å². The molecule has 114 valence electrons. The molecule has 2 rings (SSSR count). The van der Waals surface area contributed by atoms with E-state index in [1.807, 2.05) is 17.1 Å². The van der Waals surface area contributed by atoms with Crippen LogP contribution in [0.3, 0.4) is 0 Å². The fourth-order valence-corrected chi connectivity index (χ4v) is 5.94. The molecule has 0 aliphatic carbocycles. The van der Waals surface area contributed by atoms with Gasteiger partial charge in [0.05, 0.1) is 4.90 Å². The molecule has 0 saturated carbocycles. The Morgan fingerprint density at radius 3 is 3.00 bits per heavy atom. The molecule has 1 unspecified atom stereocenters. The van der Waals surface area contributed by atoms with Gasteiger partial charge in [-0.05, 0) is 48.3 Å². The van der Waals surface area contributed by atoms with Gasteiger partial charge in [-0.2, -0.15) is 11.8 Å². The van der Waals surface area contributed by atoms with Crippen molar-refractivity contribution in [1.82, 2.24) is 10.0 Å². The Bertz CT molecular complexity index is 507. The van der Waals surface area contributed by atoms with Gasteiger partial charge in [0.25, 0.3) is 0 Å². The molecule has 2 heterocycles. The average Bonchev–Trinajstić information content (AvgIpc) is 3.08. The molecule has 0 bridgehead atoms. The lowest BCUT2D eigenvalue weighted by molar-refractivity contribution is 0.545. The van der Waals surface area contributed by atoms with Crippen molar-refractivity contribution in [2.45, 2.75) is 31.2 Å². The van der Waals surface area contributed by atoms with Gasteiger partial charge in [-0.1, -0.05) is 6.92 Å². The van der Waals surface area contributed by atoms with E-state index >= 15 is 0 Å². The van der Waals surface area contributed by atoms with Crippen LogP contribution in [-0.4, -0.2) is 33.0 Å². The van der Waals surface area contributed by atoms with E-state index in [1.165, 1.54) is 11.3 Å². The zero-order valence-electron chi connectivity index (χ0n) is 11.7. The van der Waals surface area contributed by atoms with Gasteiger partial charge in [-0.15, -0.1) is 11.3 Å². The summed E-state index contributed by atoms with van der Waals surface area (Å²) in [5.41, 5.74) is 0. The zero-order valence-corrected chi connectivity index (χ0v) is 14.2. The van der Waals surface area contributed by atoms with Crippen LogP contribution in [0.25, 0.3) is 0 Å². The van der Waals surface area contributed by atoms with E-state index < -0.39 is 10.0 Å². The van der Waals surface area contributed by atoms with Gasteiger partial charge in [0.1, 0.15) is 0 Å². The highest BCUT2D eigenvalue weighted by Crippen LogP contribution is 2.25. The van der Waals surface area contributed by atoms with Gasteiger partial charge in [0, 0.05) is 18.0 Å². The number of hydrogen-bond acceptors (Lipinski definition) is 5. The van der Waals surface area contributed by atoms with Crippen molar-refractivity contribution in [3.8, 4) is 0 Å². The summed E-state index contributed by atoms with van der Waals surface area (Å²) in [6.45, 7) is 4.19. The van der Waals surface area contributed by atoms with Crippen LogP contribution in [0, 0.1) is 5.92 Å². The van der Waals surface area contributed by atoms with Gasteiger partial charge >= 0.3 is 0 Å². The lowest BCUT2D eigenvalue weighted by Gasteiger charge is -2.11. The maximum Gasteiger partial charge on any atom is 0.241 e. The summed E-state index contributed by atoms with van der Waals surface area (Å²) < 4.78 is 27.5. The van der Waals surface area contributed by atoms with Crippen molar-refractivity contribution in [3.63, 3.8) is 0 Å². The molecule has 1 saturated heterocycles. The second kappa shape index (κ2) is 7.79. The maximum atomic E-state index is 12.4. The lowest BCUT2D eigenvalue weighted by atomic mass is 10.1. The van der Waals surface area contributed by atoms with Gasteiger partial charge < -0.3 is 5.32 Å². The minimum absolute atomic E-state index is 0.441. The van der Waals surface area contributed by atoms with E-state index in [2.05, 4.69) is 17.0 Å². The number of thiophene rings is 1. The topological polar surface area (TPSA) is 58.2 Å². The monoisotopic (exact) mass is 334 g/mol. The third-order valence-electron chi connectivity index (χ3n) is 3.29. The third kappa shape index (κ3) is 4.46. The normalized spacial score (nSPS) is 19.6. The van der Waals surface area contributed by atoms with Gasteiger partial charge in [-0.25, -0.2) is 13.1 Å². The Labute approximate surface area is 129 Å². The molecular weight excluding hydrogens is 312 g/mol. The second-order valence-electron chi connectivity index (χ2n) is 4.97. The Morgan fingerprint density at radius 2 is 2.30 bits per heavy atom. The van der Waals surface area contributed by atoms with Crippen molar-refractivity contribution in [1.29, 1.82) is 0 Å². The largest absolute Gasteiger partial charge is 0.312 e. The maximum absolute atomic E-state index is 12.4. The van der Waals surface area contributed by atoms with Crippen LogP contribution in [0.2, 0.25) is 0 Å². The molecule has 1 aromatic rings. The van der Waals surface area contributed by atoms with Gasteiger partial charge in [0.2, 0.25) is 10.0 Å². The fourth-order valence-electron chi connectivity index (χ4n) is 2.13. The van der Waals surface area contributed by atoms with Crippen molar-refractivity contribution < 1.29 is 8.42 Å². The predicted molar refractivity (Wildman–Crippen MR) is 86.9 cm³/mol. The molecule has 4 nitrogen and oxygen atoms in total. The van der Waals surface area contributed by atoms with Crippen molar-refractivity contribution >= 4 is 33.1 Å². The second-order valence-corrected chi connectivity index (χ2v) is 8.85. The van der Waals surface area contributed by atoms with E-state index in [0.29, 0.717) is 23.9 Å². The quantitative estimate of drug-likeness (QED) is 0.716. The van der Waals surface area contributed by atoms with E-state index in [0.717, 1.165) is 35.8 Å². The average molecular weight is 335 g/mol. The van der Waals surface area contributed by atoms with Crippen LogP contribution in [0.4, 0.5) is 0 Å². The predicted octanol–water partition coefficient (Wildman–Crippen LogP) is 2.28. The number of sulfonamides is 1. The number of hydrogen-bond donors (Lipinski definition) is 2. The van der Waals surface area contributed by atoms with Gasteiger partial charge in [0.15, 0.2) is 0 Å². The van der Waals surface area contributed by atoms with Gasteiger partial charge in [-0.3, -0.25) is 0 Å². The van der Waals surface area contributed by atoms with Crippen LogP contribution >= 0.6 is 23.1 Å². The Morgan fingerprint density at radius 1 is 1.45 bits per heavy atom. The first kappa shape index (κ1) is 16.3. The molecule has 0 amide bonds. The molecule has 2 N–H and O–H groups in total. The summed E-state index contributed by atoms with van der Waals surface area (Å²) in [5, 5.41) is 5.11. The molecule has 1 fully saturated rings.